The Kier molecular flexibility index (Phi) is 6.59. The van der Waals surface area contributed by atoms with Crippen LogP contribution in [0.4, 0.5) is 0 Å². The first kappa shape index (κ1) is 14.2. The number of thioether (sulfide) groups is 1. The highest BCUT2D eigenvalue weighted by Gasteiger charge is 2.13. The minimum absolute atomic E-state index is 0.279. The monoisotopic (exact) mass is 277 g/mol. The van der Waals surface area contributed by atoms with Crippen LogP contribution < -0.4 is 5.32 Å². The summed E-state index contributed by atoms with van der Waals surface area (Å²) in [4.78, 5) is 0. The topological polar surface area (TPSA) is 12.0 Å². The van der Waals surface area contributed by atoms with Crippen molar-refractivity contribution in [3.05, 3.63) is 33.8 Å². The van der Waals surface area contributed by atoms with Crippen LogP contribution in [0.3, 0.4) is 0 Å². The van der Waals surface area contributed by atoms with E-state index in [0.29, 0.717) is 0 Å². The average molecular weight is 278 g/mol. The summed E-state index contributed by atoms with van der Waals surface area (Å²) in [6.45, 7) is 3.15. The van der Waals surface area contributed by atoms with Crippen molar-refractivity contribution in [3.8, 4) is 0 Å². The lowest BCUT2D eigenvalue weighted by Gasteiger charge is -2.19. The Morgan fingerprint density at radius 2 is 2.12 bits per heavy atom. The zero-order valence-corrected chi connectivity index (χ0v) is 11.9. The summed E-state index contributed by atoms with van der Waals surface area (Å²) in [6.07, 6.45) is 3.21. The molecule has 0 aromatic heterocycles. The molecular formula is C12H17Cl2NS. The third-order valence-electron chi connectivity index (χ3n) is 2.31. The Hall–Kier alpha value is 0.110. The van der Waals surface area contributed by atoms with Gasteiger partial charge in [0, 0.05) is 21.8 Å². The molecule has 1 atom stereocenters. The number of hydrogen-bond donors (Lipinski definition) is 1. The Labute approximate surface area is 112 Å². The minimum atomic E-state index is 0.279. The molecule has 0 radical (unpaired) electrons. The van der Waals surface area contributed by atoms with Gasteiger partial charge in [0.1, 0.15) is 0 Å². The molecule has 0 aliphatic heterocycles. The van der Waals surface area contributed by atoms with Gasteiger partial charge in [-0.05, 0) is 43.0 Å². The van der Waals surface area contributed by atoms with Gasteiger partial charge in [-0.3, -0.25) is 0 Å². The Balaban J connectivity index is 2.85. The Bertz CT molecular complexity index is 331. The van der Waals surface area contributed by atoms with Gasteiger partial charge >= 0.3 is 0 Å². The van der Waals surface area contributed by atoms with Crippen LogP contribution in [0.1, 0.15) is 24.9 Å². The van der Waals surface area contributed by atoms with Crippen molar-refractivity contribution in [2.45, 2.75) is 19.4 Å². The van der Waals surface area contributed by atoms with Gasteiger partial charge in [0.25, 0.3) is 0 Å². The summed E-state index contributed by atoms with van der Waals surface area (Å²) < 4.78 is 0. The molecule has 4 heteroatoms. The van der Waals surface area contributed by atoms with Crippen molar-refractivity contribution in [1.29, 1.82) is 0 Å². The Morgan fingerprint density at radius 3 is 2.75 bits per heavy atom. The molecule has 1 rings (SSSR count). The van der Waals surface area contributed by atoms with Gasteiger partial charge in [-0.1, -0.05) is 30.1 Å². The molecule has 0 aliphatic rings. The standard InChI is InChI=1S/C12H17Cl2NS/c1-3-6-15-12(8-16-2)10-7-9(13)4-5-11(10)14/h4-5,7,12,15H,3,6,8H2,1-2H3. The van der Waals surface area contributed by atoms with Crippen molar-refractivity contribution >= 4 is 35.0 Å². The first-order chi connectivity index (χ1) is 7.69. The third kappa shape index (κ3) is 4.17. The van der Waals surface area contributed by atoms with E-state index >= 15 is 0 Å². The highest BCUT2D eigenvalue weighted by atomic mass is 35.5. The van der Waals surface area contributed by atoms with Gasteiger partial charge in [-0.2, -0.15) is 11.8 Å². The summed E-state index contributed by atoms with van der Waals surface area (Å²) >= 11 is 14.0. The van der Waals surface area contributed by atoms with E-state index in [9.17, 15) is 0 Å². The van der Waals surface area contributed by atoms with E-state index in [4.69, 9.17) is 23.2 Å². The molecule has 0 bridgehead atoms. The minimum Gasteiger partial charge on any atom is -0.309 e. The van der Waals surface area contributed by atoms with Gasteiger partial charge < -0.3 is 5.32 Å². The molecule has 1 unspecified atom stereocenters. The maximum Gasteiger partial charge on any atom is 0.0455 e. The second kappa shape index (κ2) is 7.44. The molecule has 0 spiro atoms. The average Bonchev–Trinajstić information content (AvgIpc) is 2.28. The number of halogens is 2. The quantitative estimate of drug-likeness (QED) is 0.827. The summed E-state index contributed by atoms with van der Waals surface area (Å²) in [6, 6.07) is 5.91. The van der Waals surface area contributed by atoms with Crippen LogP contribution in [0, 0.1) is 0 Å². The lowest BCUT2D eigenvalue weighted by Crippen LogP contribution is -2.24. The van der Waals surface area contributed by atoms with Crippen LogP contribution >= 0.6 is 35.0 Å². The van der Waals surface area contributed by atoms with Crippen molar-refractivity contribution < 1.29 is 0 Å². The first-order valence-corrected chi connectivity index (χ1v) is 7.51. The summed E-state index contributed by atoms with van der Waals surface area (Å²) in [7, 11) is 0. The molecular weight excluding hydrogens is 261 g/mol. The lowest BCUT2D eigenvalue weighted by molar-refractivity contribution is 0.578. The smallest absolute Gasteiger partial charge is 0.0455 e. The van der Waals surface area contributed by atoms with Crippen LogP contribution in [0.5, 0.6) is 0 Å². The molecule has 0 amide bonds. The SMILES string of the molecule is CCCNC(CSC)c1cc(Cl)ccc1Cl. The molecule has 1 aromatic rings. The molecule has 0 heterocycles. The molecule has 90 valence electrons. The van der Waals surface area contributed by atoms with Crippen LogP contribution in [-0.4, -0.2) is 18.6 Å². The van der Waals surface area contributed by atoms with Crippen molar-refractivity contribution in [3.63, 3.8) is 0 Å². The van der Waals surface area contributed by atoms with Crippen molar-refractivity contribution in [2.24, 2.45) is 0 Å². The van der Waals surface area contributed by atoms with Crippen LogP contribution in [0.2, 0.25) is 10.0 Å². The van der Waals surface area contributed by atoms with Gasteiger partial charge in [-0.15, -0.1) is 0 Å². The lowest BCUT2D eigenvalue weighted by atomic mass is 10.1. The maximum atomic E-state index is 6.20. The molecule has 0 aliphatic carbocycles. The molecule has 0 fully saturated rings. The second-order valence-electron chi connectivity index (χ2n) is 3.63. The van der Waals surface area contributed by atoms with Gasteiger partial charge in [0.05, 0.1) is 0 Å². The van der Waals surface area contributed by atoms with Crippen LogP contribution in [-0.2, 0) is 0 Å². The molecule has 1 N–H and O–H groups in total. The van der Waals surface area contributed by atoms with E-state index in [1.165, 1.54) is 0 Å². The zero-order chi connectivity index (χ0) is 12.0. The predicted octanol–water partition coefficient (Wildman–Crippen LogP) is 4.40. The zero-order valence-electron chi connectivity index (χ0n) is 9.59. The van der Waals surface area contributed by atoms with E-state index in [0.717, 1.165) is 34.3 Å². The van der Waals surface area contributed by atoms with Gasteiger partial charge in [0.15, 0.2) is 0 Å². The summed E-state index contributed by atoms with van der Waals surface area (Å²) in [5, 5.41) is 5.01. The Morgan fingerprint density at radius 1 is 1.38 bits per heavy atom. The normalized spacial score (nSPS) is 12.8. The molecule has 0 saturated carbocycles. The molecule has 0 saturated heterocycles. The highest BCUT2D eigenvalue weighted by Crippen LogP contribution is 2.28. The molecule has 1 nitrogen and oxygen atoms in total. The molecule has 16 heavy (non-hydrogen) atoms. The van der Waals surface area contributed by atoms with E-state index in [1.807, 2.05) is 18.2 Å². The third-order valence-corrected chi connectivity index (χ3v) is 3.55. The van der Waals surface area contributed by atoms with Crippen molar-refractivity contribution in [2.75, 3.05) is 18.6 Å². The van der Waals surface area contributed by atoms with E-state index in [-0.39, 0.29) is 6.04 Å². The first-order valence-electron chi connectivity index (χ1n) is 5.36. The van der Waals surface area contributed by atoms with E-state index < -0.39 is 0 Å². The predicted molar refractivity (Wildman–Crippen MR) is 75.9 cm³/mol. The van der Waals surface area contributed by atoms with Gasteiger partial charge in [-0.25, -0.2) is 0 Å². The number of rotatable bonds is 6. The van der Waals surface area contributed by atoms with Gasteiger partial charge in [0.2, 0.25) is 0 Å². The largest absolute Gasteiger partial charge is 0.309 e. The van der Waals surface area contributed by atoms with Crippen LogP contribution in [0.25, 0.3) is 0 Å². The van der Waals surface area contributed by atoms with E-state index in [1.54, 1.807) is 11.8 Å². The summed E-state index contributed by atoms with van der Waals surface area (Å²) in [5.74, 6) is 1.00. The fourth-order valence-corrected chi connectivity index (χ4v) is 2.59. The number of benzene rings is 1. The van der Waals surface area contributed by atoms with Crippen molar-refractivity contribution in [1.82, 2.24) is 5.32 Å². The summed E-state index contributed by atoms with van der Waals surface area (Å²) in [5.41, 5.74) is 1.09. The maximum absolute atomic E-state index is 6.20. The molecule has 1 aromatic carbocycles. The highest BCUT2D eigenvalue weighted by molar-refractivity contribution is 7.98. The van der Waals surface area contributed by atoms with E-state index in [2.05, 4.69) is 18.5 Å². The number of hydrogen-bond acceptors (Lipinski definition) is 2. The number of nitrogens with one attached hydrogen (secondary N) is 1. The van der Waals surface area contributed by atoms with Crippen LogP contribution in [0.15, 0.2) is 18.2 Å². The fourth-order valence-electron chi connectivity index (χ4n) is 1.53. The fraction of sp³-hybridized carbons (Fsp3) is 0.500. The second-order valence-corrected chi connectivity index (χ2v) is 5.38.